The lowest BCUT2D eigenvalue weighted by Crippen LogP contribution is -2.26. The van der Waals surface area contributed by atoms with Gasteiger partial charge in [-0.2, -0.15) is 26.3 Å². The Morgan fingerprint density at radius 2 is 1.54 bits per heavy atom. The maximum absolute atomic E-state index is 15.0. The molecule has 1 aliphatic rings. The summed E-state index contributed by atoms with van der Waals surface area (Å²) in [5, 5.41) is 0. The van der Waals surface area contributed by atoms with Crippen LogP contribution in [0, 0.1) is 5.92 Å². The van der Waals surface area contributed by atoms with E-state index in [1.165, 1.54) is 6.07 Å². The van der Waals surface area contributed by atoms with Crippen LogP contribution in [-0.4, -0.2) is 17.9 Å². The quantitative estimate of drug-likeness (QED) is 0.222. The van der Waals surface area contributed by atoms with E-state index in [2.05, 4.69) is 31.9 Å². The fraction of sp³-hybridized carbons (Fsp3) is 0.400. The highest BCUT2D eigenvalue weighted by atomic mass is 79.9. The number of ketones is 1. The first kappa shape index (κ1) is 29.7. The van der Waals surface area contributed by atoms with Gasteiger partial charge in [0.25, 0.3) is 0 Å². The summed E-state index contributed by atoms with van der Waals surface area (Å²) in [4.78, 5) is 12.6. The van der Waals surface area contributed by atoms with Gasteiger partial charge in [0.05, 0.1) is 5.56 Å². The van der Waals surface area contributed by atoms with E-state index in [1.54, 1.807) is 0 Å². The van der Waals surface area contributed by atoms with Crippen molar-refractivity contribution in [2.75, 3.05) is 0 Å². The van der Waals surface area contributed by atoms with Crippen molar-refractivity contribution >= 4 is 43.5 Å². The first-order valence-electron chi connectivity index (χ1n) is 11.0. The molecule has 0 N–H and O–H groups in total. The van der Waals surface area contributed by atoms with Gasteiger partial charge in [-0.3, -0.25) is 4.79 Å². The third-order valence-electron chi connectivity index (χ3n) is 6.12. The average Bonchev–Trinajstić information content (AvgIpc) is 2.76. The highest BCUT2D eigenvalue weighted by Gasteiger charge is 2.41. The molecule has 2 aromatic carbocycles. The predicted octanol–water partition coefficient (Wildman–Crippen LogP) is 10.3. The molecule has 0 aliphatic heterocycles. The number of halogens is 11. The molecule has 1 nitrogen and oxygen atoms in total. The molecule has 202 valence electrons. The van der Waals surface area contributed by atoms with Crippen LogP contribution in [0.3, 0.4) is 0 Å². The van der Waals surface area contributed by atoms with E-state index in [-0.39, 0.29) is 33.4 Å². The van der Waals surface area contributed by atoms with E-state index in [4.69, 9.17) is 0 Å². The molecule has 3 rings (SSSR count). The number of rotatable bonds is 6. The van der Waals surface area contributed by atoms with E-state index in [9.17, 15) is 44.3 Å². The Morgan fingerprint density at radius 1 is 0.973 bits per heavy atom. The molecule has 1 fully saturated rings. The predicted molar refractivity (Wildman–Crippen MR) is 127 cm³/mol. The first-order valence-corrected chi connectivity index (χ1v) is 12.6. The molecule has 1 saturated carbocycles. The van der Waals surface area contributed by atoms with Gasteiger partial charge in [0.15, 0.2) is 5.78 Å². The van der Waals surface area contributed by atoms with Crippen LogP contribution < -0.4 is 0 Å². The second kappa shape index (κ2) is 11.1. The zero-order valence-corrected chi connectivity index (χ0v) is 22.0. The van der Waals surface area contributed by atoms with E-state index in [0.717, 1.165) is 18.2 Å². The summed E-state index contributed by atoms with van der Waals surface area (Å²) >= 11 is 6.09. The molecule has 0 saturated heterocycles. The molecule has 1 unspecified atom stereocenters. The van der Waals surface area contributed by atoms with E-state index < -0.39 is 77.7 Å². The third kappa shape index (κ3) is 7.84. The molecule has 12 heteroatoms. The Kier molecular flexibility index (Phi) is 8.93. The maximum atomic E-state index is 15.0. The van der Waals surface area contributed by atoms with Crippen LogP contribution in [0.1, 0.15) is 65.1 Å². The van der Waals surface area contributed by atoms with Crippen molar-refractivity contribution < 1.29 is 44.3 Å². The van der Waals surface area contributed by atoms with Crippen LogP contribution in [0.4, 0.5) is 39.5 Å². The van der Waals surface area contributed by atoms with Gasteiger partial charge in [0, 0.05) is 39.3 Å². The SMILES string of the molecule is O=C(CC1CCC(F)(F)CC1)c1ccc(/C(F)=C/C(c2cc(Br)cc(Br)c2)C(F)(F)F)cc1C(F)(F)F. The standard InChI is InChI=1S/C25H19Br2F9O/c26-16-8-15(9-17(27)11-16)19(24(31,32)33)12-21(28)14-1-2-18(20(10-14)25(34,35)36)22(37)7-13-3-5-23(29,30)6-4-13/h1-2,8-13,19H,3-7H2/b21-12-. The van der Waals surface area contributed by atoms with Gasteiger partial charge in [0.2, 0.25) is 5.92 Å². The number of allylic oxidation sites excluding steroid dienone is 1. The summed E-state index contributed by atoms with van der Waals surface area (Å²) in [5.74, 6) is -8.38. The Labute approximate surface area is 223 Å². The molecule has 0 heterocycles. The highest BCUT2D eigenvalue weighted by molar-refractivity contribution is 9.11. The topological polar surface area (TPSA) is 17.1 Å². The molecule has 0 radical (unpaired) electrons. The fourth-order valence-corrected chi connectivity index (χ4v) is 5.55. The highest BCUT2D eigenvalue weighted by Crippen LogP contribution is 2.42. The van der Waals surface area contributed by atoms with Crippen molar-refractivity contribution in [2.24, 2.45) is 5.92 Å². The van der Waals surface area contributed by atoms with Crippen LogP contribution in [-0.2, 0) is 6.18 Å². The smallest absolute Gasteiger partial charge is 0.294 e. The second-order valence-electron chi connectivity index (χ2n) is 8.92. The molecule has 37 heavy (non-hydrogen) atoms. The Balaban J connectivity index is 1.95. The largest absolute Gasteiger partial charge is 0.417 e. The van der Waals surface area contributed by atoms with Gasteiger partial charge in [-0.05, 0) is 54.7 Å². The van der Waals surface area contributed by atoms with Gasteiger partial charge in [-0.1, -0.05) is 44.0 Å². The zero-order valence-electron chi connectivity index (χ0n) is 18.8. The van der Waals surface area contributed by atoms with Crippen LogP contribution in [0.2, 0.25) is 0 Å². The van der Waals surface area contributed by atoms with Gasteiger partial charge in [-0.15, -0.1) is 0 Å². The number of alkyl halides is 8. The number of hydrogen-bond donors (Lipinski definition) is 0. The number of carbonyl (C=O) groups excluding carboxylic acids is 1. The monoisotopic (exact) mass is 664 g/mol. The Bertz CT molecular complexity index is 1160. The van der Waals surface area contributed by atoms with E-state index >= 15 is 0 Å². The molecular weight excluding hydrogens is 647 g/mol. The maximum Gasteiger partial charge on any atom is 0.417 e. The summed E-state index contributed by atoms with van der Waals surface area (Å²) in [6.07, 6.45) is -11.3. The number of benzene rings is 2. The summed E-state index contributed by atoms with van der Waals surface area (Å²) < 4.78 is 125. The minimum Gasteiger partial charge on any atom is -0.294 e. The van der Waals surface area contributed by atoms with Gasteiger partial charge in [0.1, 0.15) is 11.7 Å². The lowest BCUT2D eigenvalue weighted by molar-refractivity contribution is -0.140. The summed E-state index contributed by atoms with van der Waals surface area (Å²) in [5.41, 5.74) is -3.44. The number of hydrogen-bond acceptors (Lipinski definition) is 1. The molecule has 0 amide bonds. The lowest BCUT2D eigenvalue weighted by atomic mass is 9.82. The number of carbonyl (C=O) groups is 1. The van der Waals surface area contributed by atoms with Crippen LogP contribution in [0.5, 0.6) is 0 Å². The van der Waals surface area contributed by atoms with Crippen molar-refractivity contribution in [2.45, 2.75) is 56.3 Å². The number of Topliss-reactive ketones (excluding diaryl/α,β-unsaturated/α-hetero) is 1. The zero-order chi connectivity index (χ0) is 27.8. The molecule has 0 spiro atoms. The molecule has 1 atom stereocenters. The summed E-state index contributed by atoms with van der Waals surface area (Å²) in [7, 11) is 0. The lowest BCUT2D eigenvalue weighted by Gasteiger charge is -2.28. The van der Waals surface area contributed by atoms with E-state index in [0.29, 0.717) is 12.1 Å². The molecule has 2 aromatic rings. The van der Waals surface area contributed by atoms with E-state index in [1.807, 2.05) is 0 Å². The Morgan fingerprint density at radius 3 is 2.05 bits per heavy atom. The van der Waals surface area contributed by atoms with Crippen molar-refractivity contribution in [1.82, 2.24) is 0 Å². The van der Waals surface area contributed by atoms with Crippen molar-refractivity contribution in [3.63, 3.8) is 0 Å². The minimum atomic E-state index is -5.11. The second-order valence-corrected chi connectivity index (χ2v) is 10.8. The van der Waals surface area contributed by atoms with Crippen molar-refractivity contribution in [1.29, 1.82) is 0 Å². The average molecular weight is 666 g/mol. The van der Waals surface area contributed by atoms with Gasteiger partial charge >= 0.3 is 12.4 Å². The van der Waals surface area contributed by atoms with Crippen LogP contribution in [0.25, 0.3) is 5.83 Å². The fourth-order valence-electron chi connectivity index (χ4n) is 4.22. The molecule has 1 aliphatic carbocycles. The molecule has 0 bridgehead atoms. The Hall–Kier alpha value is -1.82. The minimum absolute atomic E-state index is 0.0277. The van der Waals surface area contributed by atoms with Crippen molar-refractivity contribution in [3.8, 4) is 0 Å². The van der Waals surface area contributed by atoms with Crippen LogP contribution >= 0.6 is 31.9 Å². The summed E-state index contributed by atoms with van der Waals surface area (Å²) in [6.45, 7) is 0. The van der Waals surface area contributed by atoms with Gasteiger partial charge < -0.3 is 0 Å². The molecular formula is C25H19Br2F9O. The summed E-state index contributed by atoms with van der Waals surface area (Å²) in [6, 6.07) is 5.48. The molecule has 0 aromatic heterocycles. The van der Waals surface area contributed by atoms with Gasteiger partial charge in [-0.25, -0.2) is 13.2 Å². The third-order valence-corrected chi connectivity index (χ3v) is 7.04. The first-order chi connectivity index (χ1) is 17.0. The van der Waals surface area contributed by atoms with Crippen LogP contribution in [0.15, 0.2) is 51.4 Å². The normalized spacial score (nSPS) is 18.1. The van der Waals surface area contributed by atoms with Crippen molar-refractivity contribution in [3.05, 3.63) is 73.7 Å².